The van der Waals surface area contributed by atoms with Crippen molar-refractivity contribution in [3.05, 3.63) is 0 Å². The highest BCUT2D eigenvalue weighted by atomic mass is 32.9. The lowest BCUT2D eigenvalue weighted by atomic mass is 10.3. The lowest BCUT2D eigenvalue weighted by Crippen LogP contribution is -2.08. The fourth-order valence-electron chi connectivity index (χ4n) is 0.609. The van der Waals surface area contributed by atoms with Gasteiger partial charge in [0.25, 0.3) is 0 Å². The lowest BCUT2D eigenvalue weighted by Gasteiger charge is -2.22. The topological polar surface area (TPSA) is 21.3 Å². The van der Waals surface area contributed by atoms with Crippen molar-refractivity contribution in [2.24, 2.45) is 0 Å². The molecule has 0 aromatic heterocycles. The molecule has 0 saturated carbocycles. The molecule has 0 aromatic carbocycles. The molecular formula is C8H20NOPS3. The molecule has 6 heteroatoms. The quantitative estimate of drug-likeness (QED) is 0.587. The van der Waals surface area contributed by atoms with Crippen molar-refractivity contribution in [3.8, 4) is 0 Å². The molecule has 0 amide bonds. The summed E-state index contributed by atoms with van der Waals surface area (Å²) in [5.74, 6) is 0. The minimum absolute atomic E-state index is 0.299. The Kier molecular flexibility index (Phi) is 7.38. The van der Waals surface area contributed by atoms with Crippen molar-refractivity contribution in [1.82, 2.24) is 5.09 Å². The number of rotatable bonds is 6. The van der Waals surface area contributed by atoms with Crippen LogP contribution >= 0.6 is 28.8 Å². The highest BCUT2D eigenvalue weighted by molar-refractivity contribution is 8.70. The molecule has 0 rings (SSSR count). The summed E-state index contributed by atoms with van der Waals surface area (Å²) in [6.45, 7) is 9.30. The van der Waals surface area contributed by atoms with Crippen LogP contribution in [-0.4, -0.2) is 23.5 Å². The molecule has 1 atom stereocenters. The molecule has 14 heavy (non-hydrogen) atoms. The zero-order valence-electron chi connectivity index (χ0n) is 9.49. The first-order valence-corrected chi connectivity index (χ1v) is 9.85. The molecule has 1 unspecified atom stereocenters. The van der Waals surface area contributed by atoms with Gasteiger partial charge in [-0.3, -0.25) is 5.09 Å². The molecule has 0 heterocycles. The first-order chi connectivity index (χ1) is 6.33. The summed E-state index contributed by atoms with van der Waals surface area (Å²) in [6.07, 6.45) is 0. The molecule has 0 aliphatic carbocycles. The van der Waals surface area contributed by atoms with E-state index in [0.29, 0.717) is 11.4 Å². The molecule has 0 fully saturated rings. The Labute approximate surface area is 101 Å². The van der Waals surface area contributed by atoms with Crippen LogP contribution < -0.4 is 5.09 Å². The summed E-state index contributed by atoms with van der Waals surface area (Å²) in [5.41, 5.74) is -1.81. The number of hydrogen-bond acceptors (Lipinski definition) is 4. The van der Waals surface area contributed by atoms with E-state index in [9.17, 15) is 0 Å². The standard InChI is InChI=1S/C8H20NOPS3/c1-6-10-11(12,9-5)14-7-13-8(2,3)4/h6-7H2,1-5H3,(H,9,12). The molecule has 0 aliphatic heterocycles. The average molecular weight is 273 g/mol. The molecule has 0 aliphatic rings. The van der Waals surface area contributed by atoms with Gasteiger partial charge in [-0.05, 0) is 25.8 Å². The minimum atomic E-state index is -1.81. The van der Waals surface area contributed by atoms with Gasteiger partial charge < -0.3 is 4.52 Å². The van der Waals surface area contributed by atoms with Crippen molar-refractivity contribution < 1.29 is 4.52 Å². The largest absolute Gasteiger partial charge is 0.331 e. The molecule has 0 bridgehead atoms. The van der Waals surface area contributed by atoms with Crippen LogP contribution in [0, 0.1) is 0 Å². The fourth-order valence-corrected chi connectivity index (χ4v) is 7.59. The van der Waals surface area contributed by atoms with E-state index in [4.69, 9.17) is 16.3 Å². The van der Waals surface area contributed by atoms with Gasteiger partial charge in [-0.1, -0.05) is 32.2 Å². The monoisotopic (exact) mass is 273 g/mol. The molecule has 0 radical (unpaired) electrons. The predicted octanol–water partition coefficient (Wildman–Crippen LogP) is 3.69. The normalized spacial score (nSPS) is 16.6. The molecule has 1 N–H and O–H groups in total. The highest BCUT2D eigenvalue weighted by Crippen LogP contribution is 2.57. The van der Waals surface area contributed by atoms with E-state index in [1.807, 2.05) is 25.7 Å². The fraction of sp³-hybridized carbons (Fsp3) is 1.00. The van der Waals surface area contributed by atoms with Gasteiger partial charge in [0.1, 0.15) is 0 Å². The van der Waals surface area contributed by atoms with Gasteiger partial charge in [0.15, 0.2) is 5.62 Å². The smallest absolute Gasteiger partial charge is 0.186 e. The highest BCUT2D eigenvalue weighted by Gasteiger charge is 2.17. The Balaban J connectivity index is 3.91. The molecule has 0 spiro atoms. The Bertz CT molecular complexity index is 205. The van der Waals surface area contributed by atoms with Crippen molar-refractivity contribution in [2.75, 3.05) is 18.7 Å². The van der Waals surface area contributed by atoms with Crippen molar-refractivity contribution in [2.45, 2.75) is 32.4 Å². The second-order valence-corrected chi connectivity index (χ2v) is 12.6. The van der Waals surface area contributed by atoms with Gasteiger partial charge >= 0.3 is 0 Å². The Hall–Kier alpha value is 1.27. The minimum Gasteiger partial charge on any atom is -0.331 e. The second kappa shape index (κ2) is 6.77. The Morgan fingerprint density at radius 2 is 2.00 bits per heavy atom. The summed E-state index contributed by atoms with van der Waals surface area (Å²) in [7, 11) is 1.88. The van der Waals surface area contributed by atoms with E-state index in [0.717, 1.165) is 5.08 Å². The third kappa shape index (κ3) is 7.55. The van der Waals surface area contributed by atoms with Gasteiger partial charge in [-0.2, -0.15) is 0 Å². The SMILES string of the molecule is CCOP(=S)(NC)SCSC(C)(C)C. The molecular weight excluding hydrogens is 253 g/mol. The maximum Gasteiger partial charge on any atom is 0.186 e. The van der Waals surface area contributed by atoms with Crippen molar-refractivity contribution in [3.63, 3.8) is 0 Å². The maximum absolute atomic E-state index is 5.56. The number of thioether (sulfide) groups is 1. The summed E-state index contributed by atoms with van der Waals surface area (Å²) in [6, 6.07) is 0. The first kappa shape index (κ1) is 15.3. The van der Waals surface area contributed by atoms with Crippen molar-refractivity contribution in [1.29, 1.82) is 0 Å². The van der Waals surface area contributed by atoms with Crippen molar-refractivity contribution >= 4 is 40.6 Å². The summed E-state index contributed by atoms with van der Waals surface area (Å²) < 4.78 is 5.86. The van der Waals surface area contributed by atoms with E-state index >= 15 is 0 Å². The molecule has 0 saturated heterocycles. The van der Waals surface area contributed by atoms with Gasteiger partial charge in [0.05, 0.1) is 6.61 Å². The summed E-state index contributed by atoms with van der Waals surface area (Å²) >= 11 is 9.05. The lowest BCUT2D eigenvalue weighted by molar-refractivity contribution is 0.381. The van der Waals surface area contributed by atoms with Crippen LogP contribution in [0.4, 0.5) is 0 Å². The number of nitrogens with one attached hydrogen (secondary N) is 1. The van der Waals surface area contributed by atoms with Crippen LogP contribution in [0.1, 0.15) is 27.7 Å². The van der Waals surface area contributed by atoms with Gasteiger partial charge in [0.2, 0.25) is 0 Å². The number of hydrogen-bond donors (Lipinski definition) is 1. The van der Waals surface area contributed by atoms with Crippen LogP contribution in [-0.2, 0) is 16.3 Å². The van der Waals surface area contributed by atoms with E-state index in [-0.39, 0.29) is 0 Å². The first-order valence-electron chi connectivity index (χ1n) is 4.55. The molecule has 2 nitrogen and oxygen atoms in total. The maximum atomic E-state index is 5.56. The van der Waals surface area contributed by atoms with E-state index in [1.165, 1.54) is 0 Å². The van der Waals surface area contributed by atoms with Gasteiger partial charge in [-0.25, -0.2) is 0 Å². The average Bonchev–Trinajstić information content (AvgIpc) is 2.02. The third-order valence-corrected chi connectivity index (χ3v) is 9.18. The van der Waals surface area contributed by atoms with Crippen LogP contribution in [0.15, 0.2) is 0 Å². The third-order valence-electron chi connectivity index (χ3n) is 1.29. The van der Waals surface area contributed by atoms with E-state index < -0.39 is 5.62 Å². The van der Waals surface area contributed by atoms with Crippen LogP contribution in [0.25, 0.3) is 0 Å². The van der Waals surface area contributed by atoms with E-state index in [2.05, 4.69) is 25.9 Å². The van der Waals surface area contributed by atoms with Gasteiger partial charge in [-0.15, -0.1) is 11.8 Å². The van der Waals surface area contributed by atoms with Crippen LogP contribution in [0.2, 0.25) is 0 Å². The Morgan fingerprint density at radius 1 is 1.43 bits per heavy atom. The summed E-state index contributed by atoms with van der Waals surface area (Å²) in [5, 5.41) is 4.11. The zero-order chi connectivity index (χ0) is 11.2. The van der Waals surface area contributed by atoms with Crippen LogP contribution in [0.5, 0.6) is 0 Å². The second-order valence-electron chi connectivity index (χ2n) is 3.64. The van der Waals surface area contributed by atoms with Gasteiger partial charge in [0, 0.05) is 9.83 Å². The predicted molar refractivity (Wildman–Crippen MR) is 74.8 cm³/mol. The summed E-state index contributed by atoms with van der Waals surface area (Å²) in [4.78, 5) is 0. The Morgan fingerprint density at radius 3 is 2.36 bits per heavy atom. The zero-order valence-corrected chi connectivity index (χ0v) is 12.8. The molecule has 0 aromatic rings. The van der Waals surface area contributed by atoms with E-state index in [1.54, 1.807) is 11.4 Å². The molecule has 86 valence electrons. The van der Waals surface area contributed by atoms with Crippen LogP contribution in [0.3, 0.4) is 0 Å².